The number of piperidine rings is 1. The lowest BCUT2D eigenvalue weighted by molar-refractivity contribution is 0.155. The first-order valence-electron chi connectivity index (χ1n) is 8.87. The summed E-state index contributed by atoms with van der Waals surface area (Å²) < 4.78 is 4.96. The number of hydrogen-bond donors (Lipinski definition) is 1. The highest BCUT2D eigenvalue weighted by Gasteiger charge is 2.24. The standard InChI is InChI=1S/C18H24N4O2/c23-18-22(11-12-24-18)8-2-7-21-9-4-14(5-10-21)16-13-20-17-15(16)3-1-6-19-17/h1,3,6,13-14H,2,4-5,7-12H2,(H,19,20). The molecule has 2 aromatic heterocycles. The Bertz CT molecular complexity index is 706. The third kappa shape index (κ3) is 3.11. The number of fused-ring (bicyclic) bond motifs is 1. The van der Waals surface area contributed by atoms with Crippen LogP contribution in [0, 0.1) is 0 Å². The molecule has 0 saturated carbocycles. The van der Waals surface area contributed by atoms with Crippen LogP contribution in [-0.4, -0.2) is 65.2 Å². The van der Waals surface area contributed by atoms with Crippen LogP contribution in [0.3, 0.4) is 0 Å². The minimum Gasteiger partial charge on any atom is -0.448 e. The van der Waals surface area contributed by atoms with Crippen molar-refractivity contribution in [1.29, 1.82) is 0 Å². The predicted octanol–water partition coefficient (Wildman–Crippen LogP) is 2.58. The summed E-state index contributed by atoms with van der Waals surface area (Å²) >= 11 is 0. The zero-order valence-corrected chi connectivity index (χ0v) is 13.9. The molecule has 4 rings (SSSR count). The molecule has 2 aliphatic rings. The number of carbonyl (C=O) groups is 1. The van der Waals surface area contributed by atoms with E-state index in [0.717, 1.165) is 44.8 Å². The maximum Gasteiger partial charge on any atom is 0.409 e. The zero-order valence-electron chi connectivity index (χ0n) is 13.9. The van der Waals surface area contributed by atoms with E-state index in [1.165, 1.54) is 23.8 Å². The number of likely N-dealkylation sites (tertiary alicyclic amines) is 1. The fourth-order valence-electron chi connectivity index (χ4n) is 3.90. The van der Waals surface area contributed by atoms with E-state index in [1.807, 2.05) is 17.2 Å². The smallest absolute Gasteiger partial charge is 0.409 e. The first kappa shape index (κ1) is 15.4. The van der Waals surface area contributed by atoms with Crippen LogP contribution in [0.4, 0.5) is 4.79 Å². The van der Waals surface area contributed by atoms with Crippen molar-refractivity contribution in [2.75, 3.05) is 39.3 Å². The van der Waals surface area contributed by atoms with E-state index in [1.54, 1.807) is 0 Å². The Morgan fingerprint density at radius 3 is 2.92 bits per heavy atom. The second-order valence-corrected chi connectivity index (χ2v) is 6.71. The minimum absolute atomic E-state index is 0.151. The molecule has 0 spiro atoms. The minimum atomic E-state index is -0.151. The van der Waals surface area contributed by atoms with Crippen LogP contribution in [-0.2, 0) is 4.74 Å². The van der Waals surface area contributed by atoms with Gasteiger partial charge in [-0.25, -0.2) is 9.78 Å². The van der Waals surface area contributed by atoms with Gasteiger partial charge in [0, 0.05) is 24.3 Å². The van der Waals surface area contributed by atoms with Crippen molar-refractivity contribution in [2.45, 2.75) is 25.2 Å². The molecule has 6 heteroatoms. The van der Waals surface area contributed by atoms with Crippen molar-refractivity contribution in [2.24, 2.45) is 0 Å². The molecule has 24 heavy (non-hydrogen) atoms. The highest BCUT2D eigenvalue weighted by molar-refractivity contribution is 5.80. The Kier molecular flexibility index (Phi) is 4.38. The third-order valence-electron chi connectivity index (χ3n) is 5.26. The van der Waals surface area contributed by atoms with Crippen molar-refractivity contribution in [1.82, 2.24) is 19.8 Å². The molecule has 2 aromatic rings. The van der Waals surface area contributed by atoms with Crippen LogP contribution in [0.25, 0.3) is 11.0 Å². The second kappa shape index (κ2) is 6.81. The summed E-state index contributed by atoms with van der Waals surface area (Å²) in [5, 5.41) is 1.27. The van der Waals surface area contributed by atoms with Gasteiger partial charge in [-0.3, -0.25) is 0 Å². The first-order valence-corrected chi connectivity index (χ1v) is 8.87. The van der Waals surface area contributed by atoms with Crippen molar-refractivity contribution in [3.8, 4) is 0 Å². The molecule has 0 unspecified atom stereocenters. The summed E-state index contributed by atoms with van der Waals surface area (Å²) in [5.41, 5.74) is 2.41. The van der Waals surface area contributed by atoms with Gasteiger partial charge in [0.1, 0.15) is 12.3 Å². The maximum atomic E-state index is 11.4. The molecule has 2 aliphatic heterocycles. The number of nitrogens with one attached hydrogen (secondary N) is 1. The summed E-state index contributed by atoms with van der Waals surface area (Å²) in [6, 6.07) is 4.17. The van der Waals surface area contributed by atoms with Crippen molar-refractivity contribution < 1.29 is 9.53 Å². The molecule has 0 aliphatic carbocycles. The molecule has 0 aromatic carbocycles. The van der Waals surface area contributed by atoms with Gasteiger partial charge in [0.25, 0.3) is 0 Å². The van der Waals surface area contributed by atoms with E-state index in [9.17, 15) is 4.79 Å². The van der Waals surface area contributed by atoms with Gasteiger partial charge in [0.15, 0.2) is 0 Å². The predicted molar refractivity (Wildman–Crippen MR) is 92.0 cm³/mol. The number of nitrogens with zero attached hydrogens (tertiary/aromatic N) is 3. The van der Waals surface area contributed by atoms with E-state index in [4.69, 9.17) is 4.74 Å². The molecule has 0 bridgehead atoms. The lowest BCUT2D eigenvalue weighted by Gasteiger charge is -2.32. The largest absolute Gasteiger partial charge is 0.448 e. The van der Waals surface area contributed by atoms with Crippen molar-refractivity contribution in [3.63, 3.8) is 0 Å². The van der Waals surface area contributed by atoms with Crippen molar-refractivity contribution in [3.05, 3.63) is 30.1 Å². The van der Waals surface area contributed by atoms with Gasteiger partial charge in [-0.2, -0.15) is 0 Å². The summed E-state index contributed by atoms with van der Waals surface area (Å²) in [7, 11) is 0. The van der Waals surface area contributed by atoms with Crippen LogP contribution in [0.2, 0.25) is 0 Å². The molecule has 0 radical (unpaired) electrons. The number of pyridine rings is 1. The zero-order chi connectivity index (χ0) is 16.4. The molecule has 4 heterocycles. The molecule has 1 N–H and O–H groups in total. The molecular weight excluding hydrogens is 304 g/mol. The van der Waals surface area contributed by atoms with Crippen LogP contribution >= 0.6 is 0 Å². The maximum absolute atomic E-state index is 11.4. The molecular formula is C18H24N4O2. The van der Waals surface area contributed by atoms with Gasteiger partial charge in [-0.1, -0.05) is 0 Å². The second-order valence-electron chi connectivity index (χ2n) is 6.71. The number of amides is 1. The number of H-pyrrole nitrogens is 1. The molecule has 2 saturated heterocycles. The van der Waals surface area contributed by atoms with Gasteiger partial charge in [-0.05, 0) is 62.5 Å². The van der Waals surface area contributed by atoms with E-state index in [-0.39, 0.29) is 6.09 Å². The topological polar surface area (TPSA) is 61.5 Å². The fraction of sp³-hybridized carbons (Fsp3) is 0.556. The van der Waals surface area contributed by atoms with Crippen LogP contribution in [0.1, 0.15) is 30.7 Å². The van der Waals surface area contributed by atoms with Gasteiger partial charge >= 0.3 is 6.09 Å². The number of aromatic amines is 1. The number of hydrogen-bond acceptors (Lipinski definition) is 4. The summed E-state index contributed by atoms with van der Waals surface area (Å²) in [4.78, 5) is 23.4. The number of rotatable bonds is 5. The molecule has 6 nitrogen and oxygen atoms in total. The molecule has 2 fully saturated rings. The average Bonchev–Trinajstić information content (AvgIpc) is 3.22. The van der Waals surface area contributed by atoms with Crippen LogP contribution < -0.4 is 0 Å². The quantitative estimate of drug-likeness (QED) is 0.916. The first-order chi connectivity index (χ1) is 11.8. The highest BCUT2D eigenvalue weighted by atomic mass is 16.6. The Labute approximate surface area is 141 Å². The number of ether oxygens (including phenoxy) is 1. The Balaban J connectivity index is 1.27. The Morgan fingerprint density at radius 2 is 2.12 bits per heavy atom. The van der Waals surface area contributed by atoms with E-state index in [2.05, 4.69) is 27.1 Å². The summed E-state index contributed by atoms with van der Waals surface area (Å²) in [5.74, 6) is 0.618. The van der Waals surface area contributed by atoms with Crippen LogP contribution in [0.5, 0.6) is 0 Å². The highest BCUT2D eigenvalue weighted by Crippen LogP contribution is 2.32. The fourth-order valence-corrected chi connectivity index (χ4v) is 3.90. The Hall–Kier alpha value is -2.08. The lowest BCUT2D eigenvalue weighted by atomic mass is 9.89. The Morgan fingerprint density at radius 1 is 1.25 bits per heavy atom. The van der Waals surface area contributed by atoms with Gasteiger partial charge in [0.05, 0.1) is 6.54 Å². The normalized spacial score (nSPS) is 20.0. The lowest BCUT2D eigenvalue weighted by Crippen LogP contribution is -2.35. The van der Waals surface area contributed by atoms with Crippen molar-refractivity contribution >= 4 is 17.1 Å². The third-order valence-corrected chi connectivity index (χ3v) is 5.26. The number of cyclic esters (lactones) is 1. The van der Waals surface area contributed by atoms with E-state index >= 15 is 0 Å². The van der Waals surface area contributed by atoms with E-state index in [0.29, 0.717) is 12.5 Å². The van der Waals surface area contributed by atoms with Crippen LogP contribution in [0.15, 0.2) is 24.5 Å². The molecule has 0 atom stereocenters. The van der Waals surface area contributed by atoms with Gasteiger partial charge < -0.3 is 19.5 Å². The average molecular weight is 328 g/mol. The number of carbonyl (C=O) groups excluding carboxylic acids is 1. The summed E-state index contributed by atoms with van der Waals surface area (Å²) in [6.45, 7) is 5.42. The number of aromatic nitrogens is 2. The SMILES string of the molecule is O=C1OCCN1CCCN1CCC(c2c[nH]c3ncccc23)CC1. The van der Waals surface area contributed by atoms with E-state index < -0.39 is 0 Å². The molecule has 128 valence electrons. The molecule has 1 amide bonds. The summed E-state index contributed by atoms with van der Waals surface area (Å²) in [6.07, 6.45) is 7.22. The monoisotopic (exact) mass is 328 g/mol. The van der Waals surface area contributed by atoms with Gasteiger partial charge in [0.2, 0.25) is 0 Å². The van der Waals surface area contributed by atoms with Gasteiger partial charge in [-0.15, -0.1) is 0 Å².